The van der Waals surface area contributed by atoms with Gasteiger partial charge in [-0.2, -0.15) is 0 Å². The molecule has 1 atom stereocenters. The fourth-order valence-electron chi connectivity index (χ4n) is 1.79. The minimum atomic E-state index is -0.616. The van der Waals surface area contributed by atoms with Crippen molar-refractivity contribution in [1.82, 2.24) is 5.32 Å². The number of carbonyl (C=O) groups excluding carboxylic acids is 2. The second-order valence-corrected chi connectivity index (χ2v) is 6.21. The molecule has 128 valence electrons. The summed E-state index contributed by atoms with van der Waals surface area (Å²) in [5.41, 5.74) is 0.296. The van der Waals surface area contributed by atoms with Crippen LogP contribution in [-0.2, 0) is 20.9 Å². The Kier molecular flexibility index (Phi) is 7.54. The van der Waals surface area contributed by atoms with E-state index in [0.29, 0.717) is 0 Å². The molecule has 0 saturated heterocycles. The number of aliphatic hydroxyl groups excluding tert-OH is 1. The largest absolute Gasteiger partial charge is 0.461 e. The zero-order chi connectivity index (χ0) is 17.3. The molecule has 0 heterocycles. The summed E-state index contributed by atoms with van der Waals surface area (Å²) in [5.74, 6) is -0.377. The summed E-state index contributed by atoms with van der Waals surface area (Å²) in [6.45, 7) is 5.19. The third kappa shape index (κ3) is 8.83. The van der Waals surface area contributed by atoms with Gasteiger partial charge < -0.3 is 19.9 Å². The quantitative estimate of drug-likeness (QED) is 0.753. The Morgan fingerprint density at radius 1 is 1.22 bits per heavy atom. The van der Waals surface area contributed by atoms with Gasteiger partial charge in [0.1, 0.15) is 12.2 Å². The second-order valence-electron chi connectivity index (χ2n) is 6.21. The molecule has 0 aliphatic heterocycles. The van der Waals surface area contributed by atoms with Crippen LogP contribution in [0.25, 0.3) is 0 Å². The van der Waals surface area contributed by atoms with Gasteiger partial charge >= 0.3 is 12.1 Å². The lowest BCUT2D eigenvalue weighted by molar-refractivity contribution is -0.145. The van der Waals surface area contributed by atoms with Crippen LogP contribution in [0.1, 0.15) is 39.2 Å². The van der Waals surface area contributed by atoms with Gasteiger partial charge in [0.15, 0.2) is 0 Å². The topological polar surface area (TPSA) is 84.9 Å². The van der Waals surface area contributed by atoms with Crippen LogP contribution in [0.2, 0.25) is 0 Å². The predicted molar refractivity (Wildman–Crippen MR) is 85.7 cm³/mol. The van der Waals surface area contributed by atoms with Crippen molar-refractivity contribution >= 4 is 12.1 Å². The average molecular weight is 323 g/mol. The molecule has 6 heteroatoms. The number of rotatable bonds is 7. The average Bonchev–Trinajstić information content (AvgIpc) is 2.48. The highest BCUT2D eigenvalue weighted by Crippen LogP contribution is 2.08. The monoisotopic (exact) mass is 323 g/mol. The molecule has 1 aromatic carbocycles. The predicted octanol–water partition coefficient (Wildman–Crippen LogP) is 2.40. The van der Waals surface area contributed by atoms with E-state index >= 15 is 0 Å². The van der Waals surface area contributed by atoms with Crippen LogP contribution < -0.4 is 5.32 Å². The Hall–Kier alpha value is -2.08. The first kappa shape index (κ1) is 19.0. The van der Waals surface area contributed by atoms with Gasteiger partial charge in [-0.15, -0.1) is 0 Å². The summed E-state index contributed by atoms with van der Waals surface area (Å²) in [4.78, 5) is 23.3. The normalized spacial score (nSPS) is 12.3. The number of aliphatic hydroxyl groups is 1. The van der Waals surface area contributed by atoms with Crippen LogP contribution in [0.5, 0.6) is 0 Å². The van der Waals surface area contributed by atoms with E-state index in [-0.39, 0.29) is 32.0 Å². The molecular weight excluding hydrogens is 298 g/mol. The number of nitrogens with one attached hydrogen (secondary N) is 1. The number of esters is 1. The molecule has 0 aliphatic rings. The van der Waals surface area contributed by atoms with Crippen LogP contribution in [0.15, 0.2) is 30.3 Å². The molecule has 0 spiro atoms. The smallest absolute Gasteiger partial charge is 0.407 e. The number of amides is 1. The van der Waals surface area contributed by atoms with Crippen molar-refractivity contribution in [3.63, 3.8) is 0 Å². The number of benzene rings is 1. The van der Waals surface area contributed by atoms with Crippen molar-refractivity contribution in [3.8, 4) is 0 Å². The van der Waals surface area contributed by atoms with Crippen molar-refractivity contribution < 1.29 is 24.2 Å². The number of hydrogen-bond donors (Lipinski definition) is 2. The molecule has 0 radical (unpaired) electrons. The highest BCUT2D eigenvalue weighted by molar-refractivity contribution is 5.70. The van der Waals surface area contributed by atoms with Crippen molar-refractivity contribution in [2.45, 2.75) is 51.9 Å². The molecule has 6 nitrogen and oxygen atoms in total. The van der Waals surface area contributed by atoms with E-state index in [9.17, 15) is 14.7 Å². The van der Waals surface area contributed by atoms with Gasteiger partial charge in [0.05, 0.1) is 12.6 Å². The Labute approximate surface area is 136 Å². The number of ether oxygens (including phenoxy) is 2. The van der Waals surface area contributed by atoms with Gasteiger partial charge in [-0.1, -0.05) is 30.3 Å². The Bertz CT molecular complexity index is 495. The molecule has 1 amide bonds. The molecule has 0 aromatic heterocycles. The van der Waals surface area contributed by atoms with Crippen LogP contribution in [0.4, 0.5) is 4.79 Å². The SMILES string of the molecule is CC(C)(C)OC(=O)NC(CO)CCC(=O)OCc1ccccc1. The maximum atomic E-state index is 11.7. The molecule has 1 unspecified atom stereocenters. The lowest BCUT2D eigenvalue weighted by Gasteiger charge is -2.22. The fraction of sp³-hybridized carbons (Fsp3) is 0.529. The summed E-state index contributed by atoms with van der Waals surface area (Å²) in [5, 5.41) is 11.8. The maximum Gasteiger partial charge on any atom is 0.407 e. The van der Waals surface area contributed by atoms with Crippen LogP contribution in [-0.4, -0.2) is 35.4 Å². The van der Waals surface area contributed by atoms with E-state index in [1.165, 1.54) is 0 Å². The highest BCUT2D eigenvalue weighted by atomic mass is 16.6. The molecule has 2 N–H and O–H groups in total. The summed E-state index contributed by atoms with van der Waals surface area (Å²) in [6, 6.07) is 8.82. The Morgan fingerprint density at radius 3 is 2.43 bits per heavy atom. The van der Waals surface area contributed by atoms with Gasteiger partial charge in [-0.3, -0.25) is 4.79 Å². The number of alkyl carbamates (subject to hydrolysis) is 1. The van der Waals surface area contributed by atoms with Gasteiger partial charge in [-0.25, -0.2) is 4.79 Å². The highest BCUT2D eigenvalue weighted by Gasteiger charge is 2.19. The first-order valence-electron chi connectivity index (χ1n) is 7.60. The van der Waals surface area contributed by atoms with Crippen LogP contribution in [0, 0.1) is 0 Å². The lowest BCUT2D eigenvalue weighted by Crippen LogP contribution is -2.41. The molecular formula is C17H25NO5. The van der Waals surface area contributed by atoms with E-state index in [0.717, 1.165) is 5.56 Å². The molecule has 0 aliphatic carbocycles. The van der Waals surface area contributed by atoms with E-state index in [2.05, 4.69) is 5.32 Å². The second kappa shape index (κ2) is 9.15. The summed E-state index contributed by atoms with van der Waals surface area (Å²) in [7, 11) is 0. The standard InChI is InChI=1S/C17H25NO5/c1-17(2,3)23-16(21)18-14(11-19)9-10-15(20)22-12-13-7-5-4-6-8-13/h4-8,14,19H,9-12H2,1-3H3,(H,18,21). The molecule has 23 heavy (non-hydrogen) atoms. The van der Waals surface area contributed by atoms with E-state index in [1.54, 1.807) is 20.8 Å². The van der Waals surface area contributed by atoms with Crippen LogP contribution in [0.3, 0.4) is 0 Å². The van der Waals surface area contributed by atoms with Gasteiger partial charge in [-0.05, 0) is 32.8 Å². The fourth-order valence-corrected chi connectivity index (χ4v) is 1.79. The third-order valence-corrected chi connectivity index (χ3v) is 2.88. The summed E-state index contributed by atoms with van der Waals surface area (Å²) >= 11 is 0. The Balaban J connectivity index is 2.30. The van der Waals surface area contributed by atoms with E-state index in [4.69, 9.17) is 9.47 Å². The summed E-state index contributed by atoms with van der Waals surface area (Å²) in [6.07, 6.45) is -0.230. The van der Waals surface area contributed by atoms with E-state index < -0.39 is 17.7 Å². The van der Waals surface area contributed by atoms with Crippen molar-refractivity contribution in [2.24, 2.45) is 0 Å². The van der Waals surface area contributed by atoms with E-state index in [1.807, 2.05) is 30.3 Å². The maximum absolute atomic E-state index is 11.7. The molecule has 0 saturated carbocycles. The van der Waals surface area contributed by atoms with Crippen molar-refractivity contribution in [3.05, 3.63) is 35.9 Å². The molecule has 1 rings (SSSR count). The number of hydrogen-bond acceptors (Lipinski definition) is 5. The van der Waals surface area contributed by atoms with Gasteiger partial charge in [0.2, 0.25) is 0 Å². The lowest BCUT2D eigenvalue weighted by atomic mass is 10.1. The third-order valence-electron chi connectivity index (χ3n) is 2.88. The van der Waals surface area contributed by atoms with Crippen molar-refractivity contribution in [2.75, 3.05) is 6.61 Å². The number of carbonyl (C=O) groups is 2. The molecule has 0 fully saturated rings. The van der Waals surface area contributed by atoms with Crippen LogP contribution >= 0.6 is 0 Å². The first-order valence-corrected chi connectivity index (χ1v) is 7.60. The van der Waals surface area contributed by atoms with Gasteiger partial charge in [0.25, 0.3) is 0 Å². The minimum absolute atomic E-state index is 0.105. The minimum Gasteiger partial charge on any atom is -0.461 e. The zero-order valence-electron chi connectivity index (χ0n) is 13.9. The first-order chi connectivity index (χ1) is 10.8. The van der Waals surface area contributed by atoms with Gasteiger partial charge in [0, 0.05) is 6.42 Å². The Morgan fingerprint density at radius 2 is 1.87 bits per heavy atom. The van der Waals surface area contributed by atoms with Crippen molar-refractivity contribution in [1.29, 1.82) is 0 Å². The molecule has 0 bridgehead atoms. The summed E-state index contributed by atoms with van der Waals surface area (Å²) < 4.78 is 10.2. The molecule has 1 aromatic rings. The zero-order valence-corrected chi connectivity index (χ0v) is 13.9.